The molecule has 4 N–H and O–H groups in total. The van der Waals surface area contributed by atoms with Crippen LogP contribution in [0, 0.1) is 5.92 Å². The molecular weight excluding hydrogens is 335 g/mol. The van der Waals surface area contributed by atoms with Crippen LogP contribution in [0.15, 0.2) is 24.3 Å². The molecule has 140 valence electrons. The molecule has 0 fully saturated rings. The summed E-state index contributed by atoms with van der Waals surface area (Å²) in [5, 5.41) is 5.27. The van der Waals surface area contributed by atoms with Crippen LogP contribution in [0.25, 0.3) is 0 Å². The number of aryl methyl sites for hydroxylation is 1. The molecule has 0 aliphatic carbocycles. The van der Waals surface area contributed by atoms with Crippen molar-refractivity contribution in [2.45, 2.75) is 39.4 Å². The first-order valence-corrected chi connectivity index (χ1v) is 8.19. The van der Waals surface area contributed by atoms with Crippen LogP contribution in [0.5, 0.6) is 0 Å². The lowest BCUT2D eigenvalue weighted by Gasteiger charge is -2.19. The molecule has 0 aromatic heterocycles. The molecule has 0 radical (unpaired) electrons. The second-order valence-electron chi connectivity index (χ2n) is 6.15. The van der Waals surface area contributed by atoms with Gasteiger partial charge in [-0.15, -0.1) is 0 Å². The van der Waals surface area contributed by atoms with E-state index in [1.165, 1.54) is 5.56 Å². The number of carbonyl (C=O) groups excluding carboxylic acids is 2. The Kier molecular flexibility index (Phi) is 7.89. The van der Waals surface area contributed by atoms with E-state index in [0.29, 0.717) is 0 Å². The zero-order valence-corrected chi connectivity index (χ0v) is 14.6. The highest BCUT2D eigenvalue weighted by atomic mass is 19.4. The standard InChI is InChI=1S/C17H24F3N3O2/c1-4-12-5-7-13(8-6-12)15(11(2)3)21-9-14(24)23-16(25)22-10-17(18,19)20/h5-8,11,15,21H,4,9-10H2,1-3H3,(H2,22,23,24,25)/p+1/t15-/m0/s1. The maximum atomic E-state index is 12.0. The Bertz CT molecular complexity index is 571. The second-order valence-corrected chi connectivity index (χ2v) is 6.15. The molecule has 0 aliphatic rings. The fraction of sp³-hybridized carbons (Fsp3) is 0.529. The van der Waals surface area contributed by atoms with Crippen LogP contribution in [0.2, 0.25) is 0 Å². The minimum atomic E-state index is -4.51. The Morgan fingerprint density at radius 3 is 2.24 bits per heavy atom. The van der Waals surface area contributed by atoms with Crippen molar-refractivity contribution in [3.63, 3.8) is 0 Å². The Morgan fingerprint density at radius 1 is 1.16 bits per heavy atom. The number of imide groups is 1. The largest absolute Gasteiger partial charge is 0.405 e. The predicted octanol–water partition coefficient (Wildman–Crippen LogP) is 1.90. The van der Waals surface area contributed by atoms with E-state index in [2.05, 4.69) is 6.92 Å². The van der Waals surface area contributed by atoms with Crippen molar-refractivity contribution >= 4 is 11.9 Å². The SMILES string of the molecule is CCc1ccc([C@@H]([NH2+]CC(=O)NC(=O)NCC(F)(F)F)C(C)C)cc1. The van der Waals surface area contributed by atoms with Crippen LogP contribution in [0.3, 0.4) is 0 Å². The first-order chi connectivity index (χ1) is 11.6. The third kappa shape index (κ3) is 8.02. The highest BCUT2D eigenvalue weighted by Gasteiger charge is 2.28. The van der Waals surface area contributed by atoms with E-state index in [1.807, 2.05) is 43.4 Å². The Hall–Kier alpha value is -2.09. The lowest BCUT2D eigenvalue weighted by molar-refractivity contribution is -0.692. The van der Waals surface area contributed by atoms with Gasteiger partial charge in [0.15, 0.2) is 6.54 Å². The van der Waals surface area contributed by atoms with E-state index in [0.717, 1.165) is 12.0 Å². The molecular formula is C17H25F3N3O2+. The lowest BCUT2D eigenvalue weighted by Crippen LogP contribution is -2.88. The molecule has 0 aliphatic heterocycles. The van der Waals surface area contributed by atoms with E-state index in [1.54, 1.807) is 10.6 Å². The van der Waals surface area contributed by atoms with E-state index in [4.69, 9.17) is 0 Å². The molecule has 5 nitrogen and oxygen atoms in total. The highest BCUT2D eigenvalue weighted by Crippen LogP contribution is 2.18. The summed E-state index contributed by atoms with van der Waals surface area (Å²) in [5.41, 5.74) is 2.27. The summed E-state index contributed by atoms with van der Waals surface area (Å²) in [6.45, 7) is 4.56. The average molecular weight is 360 g/mol. The minimum Gasteiger partial charge on any atom is -0.332 e. The van der Waals surface area contributed by atoms with Gasteiger partial charge in [-0.2, -0.15) is 13.2 Å². The fourth-order valence-corrected chi connectivity index (χ4v) is 2.41. The van der Waals surface area contributed by atoms with Gasteiger partial charge in [0.2, 0.25) is 0 Å². The summed E-state index contributed by atoms with van der Waals surface area (Å²) >= 11 is 0. The zero-order chi connectivity index (χ0) is 19.0. The molecule has 0 saturated heterocycles. The monoisotopic (exact) mass is 360 g/mol. The van der Waals surface area contributed by atoms with Gasteiger partial charge in [0.1, 0.15) is 12.6 Å². The normalized spacial score (nSPS) is 12.8. The van der Waals surface area contributed by atoms with Gasteiger partial charge in [0, 0.05) is 11.5 Å². The van der Waals surface area contributed by atoms with Crippen molar-refractivity contribution in [1.82, 2.24) is 10.6 Å². The predicted molar refractivity (Wildman–Crippen MR) is 87.8 cm³/mol. The van der Waals surface area contributed by atoms with E-state index in [9.17, 15) is 22.8 Å². The number of halogens is 3. The van der Waals surface area contributed by atoms with Crippen LogP contribution in [-0.4, -0.2) is 31.2 Å². The van der Waals surface area contributed by atoms with Crippen LogP contribution < -0.4 is 16.0 Å². The van der Waals surface area contributed by atoms with Crippen LogP contribution >= 0.6 is 0 Å². The first-order valence-electron chi connectivity index (χ1n) is 8.19. The van der Waals surface area contributed by atoms with Crippen molar-refractivity contribution < 1.29 is 28.1 Å². The number of urea groups is 1. The first kappa shape index (κ1) is 21.0. The van der Waals surface area contributed by atoms with Gasteiger partial charge in [-0.3, -0.25) is 10.1 Å². The summed E-state index contributed by atoms with van der Waals surface area (Å²) in [4.78, 5) is 23.0. The molecule has 0 unspecified atom stereocenters. The molecule has 0 saturated carbocycles. The maximum absolute atomic E-state index is 12.0. The van der Waals surface area contributed by atoms with Gasteiger partial charge in [-0.1, -0.05) is 45.0 Å². The number of benzene rings is 1. The van der Waals surface area contributed by atoms with E-state index >= 15 is 0 Å². The summed E-state index contributed by atoms with van der Waals surface area (Å²) in [6, 6.07) is 6.94. The van der Waals surface area contributed by atoms with Crippen molar-refractivity contribution in [3.05, 3.63) is 35.4 Å². The number of hydrogen-bond acceptors (Lipinski definition) is 2. The topological polar surface area (TPSA) is 74.8 Å². The molecule has 0 spiro atoms. The number of rotatable bonds is 7. The van der Waals surface area contributed by atoms with Gasteiger partial charge in [0.25, 0.3) is 5.91 Å². The van der Waals surface area contributed by atoms with Gasteiger partial charge in [-0.25, -0.2) is 4.79 Å². The Balaban J connectivity index is 2.53. The maximum Gasteiger partial charge on any atom is 0.405 e. The summed E-state index contributed by atoms with van der Waals surface area (Å²) < 4.78 is 36.0. The summed E-state index contributed by atoms with van der Waals surface area (Å²) in [6.07, 6.45) is -3.58. The van der Waals surface area contributed by atoms with Gasteiger partial charge in [-0.05, 0) is 12.0 Å². The molecule has 8 heteroatoms. The molecule has 25 heavy (non-hydrogen) atoms. The van der Waals surface area contributed by atoms with Gasteiger partial charge < -0.3 is 10.6 Å². The average Bonchev–Trinajstić information content (AvgIpc) is 2.52. The molecule has 1 aromatic rings. The fourth-order valence-electron chi connectivity index (χ4n) is 2.41. The quantitative estimate of drug-likeness (QED) is 0.695. The molecule has 1 rings (SSSR count). The minimum absolute atomic E-state index is 0.00916. The van der Waals surface area contributed by atoms with Crippen LogP contribution in [-0.2, 0) is 11.2 Å². The summed E-state index contributed by atoms with van der Waals surface area (Å²) in [5.74, 6) is -0.408. The molecule has 3 amide bonds. The van der Waals surface area contributed by atoms with Crippen molar-refractivity contribution in [2.75, 3.05) is 13.1 Å². The number of hydrogen-bond donors (Lipinski definition) is 3. The zero-order valence-electron chi connectivity index (χ0n) is 14.6. The third-order valence-electron chi connectivity index (χ3n) is 3.75. The molecule has 0 heterocycles. The van der Waals surface area contributed by atoms with Crippen molar-refractivity contribution in [1.29, 1.82) is 0 Å². The van der Waals surface area contributed by atoms with Crippen molar-refractivity contribution in [3.8, 4) is 0 Å². The van der Waals surface area contributed by atoms with E-state index < -0.39 is 24.7 Å². The number of amides is 3. The molecule has 0 bridgehead atoms. The van der Waals surface area contributed by atoms with Gasteiger partial charge >= 0.3 is 12.2 Å². The smallest absolute Gasteiger partial charge is 0.332 e. The number of nitrogens with two attached hydrogens (primary N) is 1. The summed E-state index contributed by atoms with van der Waals surface area (Å²) in [7, 11) is 0. The highest BCUT2D eigenvalue weighted by molar-refractivity contribution is 5.94. The number of quaternary nitrogens is 1. The number of alkyl halides is 3. The Morgan fingerprint density at radius 2 is 1.76 bits per heavy atom. The second kappa shape index (κ2) is 9.41. The van der Waals surface area contributed by atoms with Crippen molar-refractivity contribution in [2.24, 2.45) is 5.92 Å². The Labute approximate surface area is 145 Å². The third-order valence-corrected chi connectivity index (χ3v) is 3.75. The van der Waals surface area contributed by atoms with E-state index in [-0.39, 0.29) is 18.5 Å². The van der Waals surface area contributed by atoms with Gasteiger partial charge in [0.05, 0.1) is 0 Å². The number of carbonyl (C=O) groups is 2. The molecule has 1 atom stereocenters. The molecule has 1 aromatic carbocycles. The van der Waals surface area contributed by atoms with Crippen LogP contribution in [0.4, 0.5) is 18.0 Å². The lowest BCUT2D eigenvalue weighted by atomic mass is 9.95. The number of nitrogens with one attached hydrogen (secondary N) is 2. The van der Waals surface area contributed by atoms with Crippen LogP contribution in [0.1, 0.15) is 37.9 Å².